The Morgan fingerprint density at radius 2 is 2.13 bits per heavy atom. The highest BCUT2D eigenvalue weighted by Crippen LogP contribution is 2.29. The fourth-order valence-corrected chi connectivity index (χ4v) is 2.95. The van der Waals surface area contributed by atoms with Crippen molar-refractivity contribution in [3.05, 3.63) is 30.5 Å². The van der Waals surface area contributed by atoms with E-state index in [0.717, 1.165) is 15.8 Å². The van der Waals surface area contributed by atoms with Gasteiger partial charge in [-0.25, -0.2) is 4.21 Å². The van der Waals surface area contributed by atoms with Crippen molar-refractivity contribution in [1.82, 2.24) is 4.98 Å². The number of benzene rings is 1. The number of thioether (sulfide) groups is 1. The Morgan fingerprint density at radius 1 is 1.40 bits per heavy atom. The topological polar surface area (TPSA) is 50.2 Å². The molecule has 1 heterocycles. The number of hydrogen-bond donors (Lipinski definition) is 1. The van der Waals surface area contributed by atoms with Crippen LogP contribution in [-0.4, -0.2) is 20.0 Å². The number of pyridine rings is 1. The highest BCUT2D eigenvalue weighted by Gasteiger charge is 2.11. The summed E-state index contributed by atoms with van der Waals surface area (Å²) in [6.07, 6.45) is 3.35. The molecule has 0 saturated carbocycles. The summed E-state index contributed by atoms with van der Waals surface area (Å²) in [6, 6.07) is 7.59. The van der Waals surface area contributed by atoms with Gasteiger partial charge >= 0.3 is 0 Å². The van der Waals surface area contributed by atoms with Gasteiger partial charge in [0.15, 0.2) is 11.1 Å². The summed E-state index contributed by atoms with van der Waals surface area (Å²) in [4.78, 5) is 5.34. The second kappa shape index (κ2) is 4.30. The maximum absolute atomic E-state index is 11.1. The van der Waals surface area contributed by atoms with Gasteiger partial charge in [0.2, 0.25) is 0 Å². The molecule has 0 saturated heterocycles. The summed E-state index contributed by atoms with van der Waals surface area (Å²) in [6.45, 7) is 0. The molecular formula is C10H9NO2S2. The zero-order valence-corrected chi connectivity index (χ0v) is 9.64. The summed E-state index contributed by atoms with van der Waals surface area (Å²) in [5, 5.41) is 0.921. The molecule has 0 bridgehead atoms. The van der Waals surface area contributed by atoms with Crippen LogP contribution in [0.2, 0.25) is 0 Å². The Kier molecular flexibility index (Phi) is 3.04. The van der Waals surface area contributed by atoms with Gasteiger partial charge in [-0.3, -0.25) is 4.98 Å². The van der Waals surface area contributed by atoms with Crippen LogP contribution in [0, 0.1) is 0 Å². The average molecular weight is 239 g/mol. The third kappa shape index (κ3) is 1.90. The van der Waals surface area contributed by atoms with E-state index in [4.69, 9.17) is 4.55 Å². The third-order valence-electron chi connectivity index (χ3n) is 2.09. The second-order valence-corrected chi connectivity index (χ2v) is 4.68. The third-order valence-corrected chi connectivity index (χ3v) is 3.75. The molecule has 15 heavy (non-hydrogen) atoms. The minimum atomic E-state index is -1.98. The van der Waals surface area contributed by atoms with E-state index in [2.05, 4.69) is 4.98 Å². The number of para-hydroxylation sites is 1. The normalized spacial score (nSPS) is 12.9. The molecule has 1 N–H and O–H groups in total. The van der Waals surface area contributed by atoms with Gasteiger partial charge < -0.3 is 4.55 Å². The smallest absolute Gasteiger partial charge is 0.189 e. The van der Waals surface area contributed by atoms with Gasteiger partial charge in [0.1, 0.15) is 0 Å². The maximum Gasteiger partial charge on any atom is 0.189 e. The maximum atomic E-state index is 11.1. The van der Waals surface area contributed by atoms with Crippen LogP contribution in [0.25, 0.3) is 10.9 Å². The minimum absolute atomic E-state index is 0.376. The first-order chi connectivity index (χ1) is 7.24. The molecule has 5 heteroatoms. The number of fused-ring (bicyclic) bond motifs is 1. The Labute approximate surface area is 94.2 Å². The van der Waals surface area contributed by atoms with Gasteiger partial charge in [-0.1, -0.05) is 18.2 Å². The van der Waals surface area contributed by atoms with E-state index >= 15 is 0 Å². The summed E-state index contributed by atoms with van der Waals surface area (Å²) in [5.41, 5.74) is 0.844. The number of rotatable bonds is 2. The fraction of sp³-hybridized carbons (Fsp3) is 0.100. The first-order valence-electron chi connectivity index (χ1n) is 4.26. The van der Waals surface area contributed by atoms with E-state index in [0.29, 0.717) is 4.90 Å². The molecule has 0 aliphatic carbocycles. The lowest BCUT2D eigenvalue weighted by Gasteiger charge is -2.06. The lowest BCUT2D eigenvalue weighted by Crippen LogP contribution is -1.94. The van der Waals surface area contributed by atoms with E-state index in [-0.39, 0.29) is 0 Å². The van der Waals surface area contributed by atoms with Crippen molar-refractivity contribution < 1.29 is 8.76 Å². The van der Waals surface area contributed by atoms with Gasteiger partial charge in [0, 0.05) is 16.5 Å². The van der Waals surface area contributed by atoms with E-state index in [9.17, 15) is 4.21 Å². The van der Waals surface area contributed by atoms with Gasteiger partial charge in [-0.15, -0.1) is 11.8 Å². The molecule has 1 aromatic heterocycles. The lowest BCUT2D eigenvalue weighted by molar-refractivity contribution is 0.562. The van der Waals surface area contributed by atoms with Gasteiger partial charge in [0.05, 0.1) is 10.4 Å². The molecular weight excluding hydrogens is 230 g/mol. The van der Waals surface area contributed by atoms with Gasteiger partial charge in [-0.05, 0) is 12.3 Å². The molecule has 2 aromatic rings. The summed E-state index contributed by atoms with van der Waals surface area (Å²) >= 11 is -0.520. The summed E-state index contributed by atoms with van der Waals surface area (Å²) in [5.74, 6) is 0. The molecule has 0 aliphatic heterocycles. The largest absolute Gasteiger partial charge is 0.302 e. The molecule has 3 nitrogen and oxygen atoms in total. The average Bonchev–Trinajstić information content (AvgIpc) is 2.27. The van der Waals surface area contributed by atoms with Crippen LogP contribution in [0.15, 0.2) is 40.3 Å². The highest BCUT2D eigenvalue weighted by molar-refractivity contribution is 7.99. The van der Waals surface area contributed by atoms with E-state index in [1.54, 1.807) is 0 Å². The van der Waals surface area contributed by atoms with Crippen LogP contribution in [0.5, 0.6) is 0 Å². The Hall–Kier alpha value is -0.910. The van der Waals surface area contributed by atoms with Crippen molar-refractivity contribution in [2.75, 3.05) is 6.26 Å². The van der Waals surface area contributed by atoms with E-state index < -0.39 is 11.1 Å². The van der Waals surface area contributed by atoms with Crippen LogP contribution < -0.4 is 0 Å². The molecule has 0 radical (unpaired) electrons. The van der Waals surface area contributed by atoms with Crippen LogP contribution in [-0.2, 0) is 11.1 Å². The Morgan fingerprint density at radius 3 is 2.80 bits per heavy atom. The first kappa shape index (κ1) is 10.6. The first-order valence-corrected chi connectivity index (χ1v) is 6.60. The van der Waals surface area contributed by atoms with Crippen molar-refractivity contribution in [2.24, 2.45) is 0 Å². The Bertz CT molecular complexity index is 528. The lowest BCUT2D eigenvalue weighted by atomic mass is 10.2. The number of aromatic nitrogens is 1. The van der Waals surface area contributed by atoms with Crippen LogP contribution >= 0.6 is 11.8 Å². The summed E-state index contributed by atoms with van der Waals surface area (Å²) < 4.78 is 20.2. The minimum Gasteiger partial charge on any atom is -0.302 e. The van der Waals surface area contributed by atoms with E-state index in [1.165, 1.54) is 18.0 Å². The van der Waals surface area contributed by atoms with Crippen molar-refractivity contribution in [3.63, 3.8) is 0 Å². The fourth-order valence-electron chi connectivity index (χ4n) is 1.43. The molecule has 1 unspecified atom stereocenters. The van der Waals surface area contributed by atoms with E-state index in [1.807, 2.05) is 30.5 Å². The monoisotopic (exact) mass is 239 g/mol. The molecule has 2 rings (SSSR count). The summed E-state index contributed by atoms with van der Waals surface area (Å²) in [7, 11) is 0. The molecule has 1 aromatic carbocycles. The SMILES string of the molecule is CSc1c(S(=O)O)cnc2ccccc12. The second-order valence-electron chi connectivity index (χ2n) is 2.92. The zero-order chi connectivity index (χ0) is 10.8. The van der Waals surface area contributed by atoms with Gasteiger partial charge in [-0.2, -0.15) is 0 Å². The molecule has 0 spiro atoms. The van der Waals surface area contributed by atoms with Crippen LogP contribution in [0.3, 0.4) is 0 Å². The molecule has 0 amide bonds. The molecule has 0 aliphatic rings. The predicted octanol–water partition coefficient (Wildman–Crippen LogP) is 2.54. The number of nitrogens with zero attached hydrogens (tertiary/aromatic N) is 1. The highest BCUT2D eigenvalue weighted by atomic mass is 32.2. The predicted molar refractivity (Wildman–Crippen MR) is 62.6 cm³/mol. The van der Waals surface area contributed by atoms with Crippen molar-refractivity contribution in [1.29, 1.82) is 0 Å². The van der Waals surface area contributed by atoms with Crippen LogP contribution in [0.1, 0.15) is 0 Å². The zero-order valence-electron chi connectivity index (χ0n) is 8.01. The van der Waals surface area contributed by atoms with Crippen molar-refractivity contribution >= 4 is 33.7 Å². The molecule has 78 valence electrons. The van der Waals surface area contributed by atoms with Gasteiger partial charge in [0.25, 0.3) is 0 Å². The van der Waals surface area contributed by atoms with Crippen LogP contribution in [0.4, 0.5) is 0 Å². The quantitative estimate of drug-likeness (QED) is 0.646. The molecule has 0 fully saturated rings. The standard InChI is InChI=1S/C10H9NO2S2/c1-14-10-7-4-2-3-5-8(7)11-6-9(10)15(12)13/h2-6H,1H3,(H,12,13). The van der Waals surface area contributed by atoms with Crippen molar-refractivity contribution in [3.8, 4) is 0 Å². The Balaban J connectivity index is 2.81. The number of hydrogen-bond acceptors (Lipinski definition) is 3. The van der Waals surface area contributed by atoms with Crippen molar-refractivity contribution in [2.45, 2.75) is 9.79 Å². The molecule has 1 atom stereocenters.